The molecule has 84 valence electrons. The first-order valence-electron chi connectivity index (χ1n) is 5.06. The number of hydrogen-bond acceptors (Lipinski definition) is 3. The molecule has 0 spiro atoms. The highest BCUT2D eigenvalue weighted by Gasteiger charge is 2.17. The third-order valence-electron chi connectivity index (χ3n) is 2.15. The monoisotopic (exact) mass is 211 g/mol. The lowest BCUT2D eigenvalue weighted by Crippen LogP contribution is -2.40. The summed E-state index contributed by atoms with van der Waals surface area (Å²) in [6.45, 7) is 4.56. The van der Waals surface area contributed by atoms with E-state index in [9.17, 15) is 4.79 Å². The minimum atomic E-state index is -0.101. The fourth-order valence-corrected chi connectivity index (χ4v) is 1.34. The molecule has 0 aliphatic heterocycles. The molecule has 0 fully saturated rings. The standard InChI is InChI=1S/C10H17N3O2/c1-9(2)13(5-3-7-14)10(15)12-6-4-11-8-12/h4,6,8-9,14H,3,5,7H2,1-2H3. The van der Waals surface area contributed by atoms with E-state index in [1.54, 1.807) is 17.3 Å². The minimum absolute atomic E-state index is 0.0976. The van der Waals surface area contributed by atoms with Crippen LogP contribution in [0.2, 0.25) is 0 Å². The van der Waals surface area contributed by atoms with Crippen LogP contribution in [0.5, 0.6) is 0 Å². The van der Waals surface area contributed by atoms with Crippen molar-refractivity contribution in [1.29, 1.82) is 0 Å². The molecule has 0 saturated carbocycles. The molecule has 5 nitrogen and oxygen atoms in total. The molecular formula is C10H17N3O2. The van der Waals surface area contributed by atoms with Crippen LogP contribution in [0, 0.1) is 0 Å². The van der Waals surface area contributed by atoms with E-state index in [0.717, 1.165) is 0 Å². The predicted octanol–water partition coefficient (Wildman–Crippen LogP) is 0.944. The Labute approximate surface area is 89.3 Å². The fourth-order valence-electron chi connectivity index (χ4n) is 1.34. The number of rotatable bonds is 4. The van der Waals surface area contributed by atoms with Gasteiger partial charge in [0.15, 0.2) is 0 Å². The minimum Gasteiger partial charge on any atom is -0.396 e. The Hall–Kier alpha value is -1.36. The molecule has 5 heteroatoms. The number of carbonyl (C=O) groups excluding carboxylic acids is 1. The molecule has 1 aromatic rings. The summed E-state index contributed by atoms with van der Waals surface area (Å²) in [5, 5.41) is 8.75. The van der Waals surface area contributed by atoms with Gasteiger partial charge in [-0.25, -0.2) is 9.78 Å². The lowest BCUT2D eigenvalue weighted by Gasteiger charge is -2.26. The van der Waals surface area contributed by atoms with E-state index in [-0.39, 0.29) is 18.7 Å². The average molecular weight is 211 g/mol. The molecule has 1 amide bonds. The number of carbonyl (C=O) groups is 1. The molecule has 0 bridgehead atoms. The van der Waals surface area contributed by atoms with E-state index in [1.807, 2.05) is 13.8 Å². The largest absolute Gasteiger partial charge is 0.396 e. The van der Waals surface area contributed by atoms with Gasteiger partial charge in [-0.15, -0.1) is 0 Å². The Kier molecular flexibility index (Phi) is 4.30. The van der Waals surface area contributed by atoms with Gasteiger partial charge in [-0.1, -0.05) is 0 Å². The van der Waals surface area contributed by atoms with Crippen molar-refractivity contribution in [1.82, 2.24) is 14.5 Å². The number of nitrogens with zero attached hydrogens (tertiary/aromatic N) is 3. The topological polar surface area (TPSA) is 58.4 Å². The second kappa shape index (κ2) is 5.50. The van der Waals surface area contributed by atoms with Gasteiger partial charge in [0.1, 0.15) is 6.33 Å². The van der Waals surface area contributed by atoms with Gasteiger partial charge >= 0.3 is 6.03 Å². The van der Waals surface area contributed by atoms with Crippen molar-refractivity contribution in [3.8, 4) is 0 Å². The quantitative estimate of drug-likeness (QED) is 0.806. The van der Waals surface area contributed by atoms with Gasteiger partial charge < -0.3 is 10.0 Å². The number of amides is 1. The van der Waals surface area contributed by atoms with Crippen LogP contribution in [0.15, 0.2) is 18.7 Å². The van der Waals surface area contributed by atoms with Crippen LogP contribution < -0.4 is 0 Å². The maximum Gasteiger partial charge on any atom is 0.329 e. The summed E-state index contributed by atoms with van der Waals surface area (Å²) in [6, 6.07) is 0.0161. The summed E-state index contributed by atoms with van der Waals surface area (Å²) >= 11 is 0. The van der Waals surface area contributed by atoms with Crippen molar-refractivity contribution < 1.29 is 9.90 Å². The van der Waals surface area contributed by atoms with Crippen molar-refractivity contribution >= 4 is 6.03 Å². The molecule has 0 atom stereocenters. The zero-order valence-electron chi connectivity index (χ0n) is 9.13. The Morgan fingerprint density at radius 2 is 2.33 bits per heavy atom. The van der Waals surface area contributed by atoms with E-state index < -0.39 is 0 Å². The lowest BCUT2D eigenvalue weighted by atomic mass is 10.3. The highest BCUT2D eigenvalue weighted by atomic mass is 16.3. The predicted molar refractivity (Wildman–Crippen MR) is 56.6 cm³/mol. The smallest absolute Gasteiger partial charge is 0.329 e. The Balaban J connectivity index is 2.67. The molecule has 1 heterocycles. The number of aliphatic hydroxyl groups is 1. The molecule has 1 rings (SSSR count). The maximum absolute atomic E-state index is 11.9. The molecule has 1 N–H and O–H groups in total. The van der Waals surface area contributed by atoms with Crippen LogP contribution >= 0.6 is 0 Å². The van der Waals surface area contributed by atoms with Gasteiger partial charge in [0, 0.05) is 31.6 Å². The molecule has 0 aliphatic rings. The second-order valence-corrected chi connectivity index (χ2v) is 3.62. The van der Waals surface area contributed by atoms with E-state index in [0.29, 0.717) is 13.0 Å². The summed E-state index contributed by atoms with van der Waals surface area (Å²) in [5.41, 5.74) is 0. The zero-order valence-corrected chi connectivity index (χ0v) is 9.13. The van der Waals surface area contributed by atoms with Gasteiger partial charge in [0.05, 0.1) is 0 Å². The Morgan fingerprint density at radius 1 is 1.60 bits per heavy atom. The second-order valence-electron chi connectivity index (χ2n) is 3.62. The third kappa shape index (κ3) is 3.06. The van der Waals surface area contributed by atoms with Crippen molar-refractivity contribution in [3.05, 3.63) is 18.7 Å². The number of aliphatic hydroxyl groups excluding tert-OH is 1. The number of imidazole rings is 1. The third-order valence-corrected chi connectivity index (χ3v) is 2.15. The summed E-state index contributed by atoms with van der Waals surface area (Å²) in [5.74, 6) is 0. The van der Waals surface area contributed by atoms with Crippen molar-refractivity contribution in [3.63, 3.8) is 0 Å². The number of aromatic nitrogens is 2. The van der Waals surface area contributed by atoms with E-state index in [2.05, 4.69) is 4.98 Å². The lowest BCUT2D eigenvalue weighted by molar-refractivity contribution is 0.175. The summed E-state index contributed by atoms with van der Waals surface area (Å²) in [6.07, 6.45) is 5.27. The fraction of sp³-hybridized carbons (Fsp3) is 0.600. The first kappa shape index (κ1) is 11.7. The van der Waals surface area contributed by atoms with Crippen molar-refractivity contribution in [2.75, 3.05) is 13.2 Å². The van der Waals surface area contributed by atoms with Crippen LogP contribution in [0.25, 0.3) is 0 Å². The van der Waals surface area contributed by atoms with E-state index in [4.69, 9.17) is 5.11 Å². The molecule has 1 aromatic heterocycles. The van der Waals surface area contributed by atoms with E-state index >= 15 is 0 Å². The molecule has 0 saturated heterocycles. The Morgan fingerprint density at radius 3 is 2.80 bits per heavy atom. The van der Waals surface area contributed by atoms with Crippen LogP contribution in [0.1, 0.15) is 20.3 Å². The van der Waals surface area contributed by atoms with Crippen molar-refractivity contribution in [2.24, 2.45) is 0 Å². The first-order chi connectivity index (χ1) is 7.16. The highest BCUT2D eigenvalue weighted by Crippen LogP contribution is 2.03. The van der Waals surface area contributed by atoms with Gasteiger partial charge in [-0.3, -0.25) is 4.57 Å². The average Bonchev–Trinajstić information content (AvgIpc) is 2.70. The van der Waals surface area contributed by atoms with E-state index in [1.165, 1.54) is 10.9 Å². The van der Waals surface area contributed by atoms with Crippen LogP contribution in [-0.4, -0.2) is 44.8 Å². The SMILES string of the molecule is CC(C)N(CCCO)C(=O)n1ccnc1. The first-order valence-corrected chi connectivity index (χ1v) is 5.06. The van der Waals surface area contributed by atoms with Gasteiger partial charge in [-0.05, 0) is 20.3 Å². The number of hydrogen-bond donors (Lipinski definition) is 1. The molecule has 0 radical (unpaired) electrons. The molecule has 0 unspecified atom stereocenters. The highest BCUT2D eigenvalue weighted by molar-refractivity contribution is 5.76. The Bertz CT molecular complexity index is 296. The van der Waals surface area contributed by atoms with Gasteiger partial charge in [0.25, 0.3) is 0 Å². The normalized spacial score (nSPS) is 10.7. The summed E-state index contributed by atoms with van der Waals surface area (Å²) < 4.78 is 1.44. The summed E-state index contributed by atoms with van der Waals surface area (Å²) in [7, 11) is 0. The zero-order chi connectivity index (χ0) is 11.3. The van der Waals surface area contributed by atoms with Gasteiger partial charge in [-0.2, -0.15) is 0 Å². The molecule has 0 aliphatic carbocycles. The molecule has 15 heavy (non-hydrogen) atoms. The summed E-state index contributed by atoms with van der Waals surface area (Å²) in [4.78, 5) is 17.5. The van der Waals surface area contributed by atoms with Crippen LogP contribution in [0.4, 0.5) is 4.79 Å². The molecular weight excluding hydrogens is 194 g/mol. The van der Waals surface area contributed by atoms with Crippen LogP contribution in [-0.2, 0) is 0 Å². The molecule has 0 aromatic carbocycles. The maximum atomic E-state index is 11.9. The van der Waals surface area contributed by atoms with Crippen LogP contribution in [0.3, 0.4) is 0 Å². The van der Waals surface area contributed by atoms with Crippen molar-refractivity contribution in [2.45, 2.75) is 26.3 Å². The van der Waals surface area contributed by atoms with Gasteiger partial charge in [0.2, 0.25) is 0 Å².